The molecule has 202 valence electrons. The van der Waals surface area contributed by atoms with E-state index in [-0.39, 0.29) is 0 Å². The quantitative estimate of drug-likeness (QED) is 0.214. The number of rotatable bonds is 3. The fourth-order valence-electron chi connectivity index (χ4n) is 6.29. The largest absolute Gasteiger partial charge is 0.455 e. The monoisotopic (exact) mass is 561 g/mol. The Labute approximate surface area is 251 Å². The summed E-state index contributed by atoms with van der Waals surface area (Å²) in [7, 11) is 0. The van der Waals surface area contributed by atoms with Gasteiger partial charge < -0.3 is 8.83 Å². The molecule has 0 amide bonds. The lowest BCUT2D eigenvalue weighted by molar-refractivity contribution is 0.670. The highest BCUT2D eigenvalue weighted by molar-refractivity contribution is 6.12. The fourth-order valence-corrected chi connectivity index (χ4v) is 6.29. The first kappa shape index (κ1) is 25.1. The van der Waals surface area contributed by atoms with Crippen LogP contribution in [0.5, 0.6) is 0 Å². The molecular weight excluding hydrogens is 542 g/mol. The molecule has 0 fully saturated rings. The van der Waals surface area contributed by atoms with Crippen LogP contribution in [0.2, 0.25) is 0 Å². The lowest BCUT2D eigenvalue weighted by Gasteiger charge is -2.16. The average molecular weight is 562 g/mol. The molecule has 6 aromatic carbocycles. The molecular formula is C39H19N3O2. The molecule has 0 radical (unpaired) electrons. The molecule has 0 spiro atoms. The van der Waals surface area contributed by atoms with Crippen LogP contribution in [0.1, 0.15) is 16.7 Å². The first-order valence-corrected chi connectivity index (χ1v) is 14.0. The van der Waals surface area contributed by atoms with Crippen molar-refractivity contribution >= 4 is 43.9 Å². The predicted molar refractivity (Wildman–Crippen MR) is 171 cm³/mol. The van der Waals surface area contributed by atoms with Crippen LogP contribution in [0.3, 0.4) is 0 Å². The zero-order valence-electron chi connectivity index (χ0n) is 23.1. The van der Waals surface area contributed by atoms with Gasteiger partial charge in [0, 0.05) is 49.4 Å². The Bertz CT molecular complexity index is 2570. The second kappa shape index (κ2) is 9.74. The maximum atomic E-state index is 10.7. The molecule has 0 atom stereocenters. The third-order valence-corrected chi connectivity index (χ3v) is 8.23. The molecule has 0 aliphatic rings. The van der Waals surface area contributed by atoms with Crippen molar-refractivity contribution in [3.05, 3.63) is 132 Å². The van der Waals surface area contributed by atoms with E-state index in [9.17, 15) is 15.8 Å². The maximum Gasteiger partial charge on any atom is 0.143 e. The van der Waals surface area contributed by atoms with Gasteiger partial charge in [0.05, 0.1) is 28.8 Å². The molecule has 0 saturated heterocycles. The van der Waals surface area contributed by atoms with Gasteiger partial charge in [-0.25, -0.2) is 0 Å². The third-order valence-electron chi connectivity index (χ3n) is 8.23. The van der Waals surface area contributed by atoms with Gasteiger partial charge in [-0.1, -0.05) is 78.9 Å². The smallest absolute Gasteiger partial charge is 0.143 e. The standard InChI is InChI=1S/C39H19N3O2/c40-20-23-8-5-9-24(21-41)37(23)33-19-25(26-12-6-13-29-27-10-1-3-16-35(27)43-38(26)29)18-32(34(33)22-42)31-15-7-14-30-28-11-2-4-17-36(28)44-39(30)31/h1-19H. The minimum absolute atomic E-state index is 0.313. The van der Waals surface area contributed by atoms with Crippen LogP contribution in [0.25, 0.3) is 77.3 Å². The van der Waals surface area contributed by atoms with E-state index in [0.29, 0.717) is 44.5 Å². The number of fused-ring (bicyclic) bond motifs is 6. The van der Waals surface area contributed by atoms with E-state index < -0.39 is 0 Å². The summed E-state index contributed by atoms with van der Waals surface area (Å²) < 4.78 is 12.8. The van der Waals surface area contributed by atoms with Gasteiger partial charge in [0.25, 0.3) is 0 Å². The van der Waals surface area contributed by atoms with Crippen molar-refractivity contribution in [1.29, 1.82) is 15.8 Å². The highest BCUT2D eigenvalue weighted by Crippen LogP contribution is 2.44. The van der Waals surface area contributed by atoms with Gasteiger partial charge in [0.15, 0.2) is 0 Å². The summed E-state index contributed by atoms with van der Waals surface area (Å²) in [6, 6.07) is 43.4. The summed E-state index contributed by atoms with van der Waals surface area (Å²) >= 11 is 0. The van der Waals surface area contributed by atoms with Gasteiger partial charge >= 0.3 is 0 Å². The minimum atomic E-state index is 0.313. The molecule has 5 heteroatoms. The van der Waals surface area contributed by atoms with Crippen molar-refractivity contribution in [2.75, 3.05) is 0 Å². The molecule has 0 bridgehead atoms. The number of furan rings is 2. The lowest BCUT2D eigenvalue weighted by atomic mass is 9.85. The van der Waals surface area contributed by atoms with Gasteiger partial charge in [-0.2, -0.15) is 15.8 Å². The summed E-state index contributed by atoms with van der Waals surface area (Å²) in [5.74, 6) is 0. The molecule has 8 aromatic rings. The number of para-hydroxylation sites is 4. The molecule has 5 nitrogen and oxygen atoms in total. The highest BCUT2D eigenvalue weighted by Gasteiger charge is 2.23. The predicted octanol–water partition coefficient (Wildman–Crippen LogP) is 10.1. The van der Waals surface area contributed by atoms with Crippen LogP contribution in [0.4, 0.5) is 0 Å². The Morgan fingerprint density at radius 3 is 1.52 bits per heavy atom. The van der Waals surface area contributed by atoms with E-state index in [0.717, 1.165) is 49.4 Å². The van der Waals surface area contributed by atoms with Crippen LogP contribution in [0.15, 0.2) is 124 Å². The summed E-state index contributed by atoms with van der Waals surface area (Å²) in [6.45, 7) is 0. The summed E-state index contributed by atoms with van der Waals surface area (Å²) in [5.41, 5.74) is 7.77. The van der Waals surface area contributed by atoms with E-state index in [2.05, 4.69) is 18.2 Å². The van der Waals surface area contributed by atoms with Crippen LogP contribution in [0, 0.1) is 34.0 Å². The lowest BCUT2D eigenvalue weighted by Crippen LogP contribution is -1.97. The van der Waals surface area contributed by atoms with Crippen molar-refractivity contribution in [2.45, 2.75) is 0 Å². The van der Waals surface area contributed by atoms with Crippen molar-refractivity contribution in [2.24, 2.45) is 0 Å². The van der Waals surface area contributed by atoms with Gasteiger partial charge in [0.2, 0.25) is 0 Å². The second-order valence-corrected chi connectivity index (χ2v) is 10.6. The molecule has 0 unspecified atom stereocenters. The van der Waals surface area contributed by atoms with Gasteiger partial charge in [-0.3, -0.25) is 0 Å². The maximum absolute atomic E-state index is 10.7. The minimum Gasteiger partial charge on any atom is -0.455 e. The molecule has 2 aromatic heterocycles. The Morgan fingerprint density at radius 2 is 0.932 bits per heavy atom. The van der Waals surface area contributed by atoms with Crippen LogP contribution >= 0.6 is 0 Å². The Morgan fingerprint density at radius 1 is 0.432 bits per heavy atom. The molecule has 0 N–H and O–H groups in total. The number of benzene rings is 6. The molecule has 8 rings (SSSR count). The van der Waals surface area contributed by atoms with Crippen molar-refractivity contribution in [3.8, 4) is 51.6 Å². The topological polar surface area (TPSA) is 97.7 Å². The van der Waals surface area contributed by atoms with Crippen LogP contribution < -0.4 is 0 Å². The average Bonchev–Trinajstić information content (AvgIpc) is 3.66. The van der Waals surface area contributed by atoms with Crippen molar-refractivity contribution < 1.29 is 8.83 Å². The molecule has 44 heavy (non-hydrogen) atoms. The van der Waals surface area contributed by atoms with Crippen molar-refractivity contribution in [3.63, 3.8) is 0 Å². The Kier molecular flexibility index (Phi) is 5.56. The molecule has 0 aliphatic carbocycles. The normalized spacial score (nSPS) is 11.1. The van der Waals surface area contributed by atoms with Gasteiger partial charge in [0.1, 0.15) is 28.4 Å². The van der Waals surface area contributed by atoms with Gasteiger partial charge in [-0.05, 0) is 42.0 Å². The summed E-state index contributed by atoms with van der Waals surface area (Å²) in [4.78, 5) is 0. The Balaban J connectivity index is 1.52. The SMILES string of the molecule is N#Cc1cccc(C#N)c1-c1cc(-c2cccc3c2oc2ccccc23)cc(-c2cccc3c2oc2ccccc23)c1C#N. The van der Waals surface area contributed by atoms with Crippen molar-refractivity contribution in [1.82, 2.24) is 0 Å². The number of nitrogens with zero attached hydrogens (tertiary/aromatic N) is 3. The first-order valence-electron chi connectivity index (χ1n) is 14.0. The van der Waals surface area contributed by atoms with Gasteiger partial charge in [-0.15, -0.1) is 0 Å². The summed E-state index contributed by atoms with van der Waals surface area (Å²) in [5, 5.41) is 34.8. The number of hydrogen-bond acceptors (Lipinski definition) is 5. The third kappa shape index (κ3) is 3.63. The fraction of sp³-hybridized carbons (Fsp3) is 0. The zero-order chi connectivity index (χ0) is 29.8. The van der Waals surface area contributed by atoms with E-state index in [1.54, 1.807) is 18.2 Å². The molecule has 0 saturated carbocycles. The highest BCUT2D eigenvalue weighted by atomic mass is 16.3. The van der Waals surface area contributed by atoms with E-state index in [1.807, 2.05) is 97.1 Å². The van der Waals surface area contributed by atoms with Crippen LogP contribution in [-0.2, 0) is 0 Å². The van der Waals surface area contributed by atoms with E-state index >= 15 is 0 Å². The zero-order valence-corrected chi connectivity index (χ0v) is 23.1. The van der Waals surface area contributed by atoms with Crippen LogP contribution in [-0.4, -0.2) is 0 Å². The summed E-state index contributed by atoms with van der Waals surface area (Å²) in [6.07, 6.45) is 0. The number of hydrogen-bond donors (Lipinski definition) is 0. The van der Waals surface area contributed by atoms with E-state index in [1.165, 1.54) is 0 Å². The molecule has 2 heterocycles. The number of nitriles is 3. The van der Waals surface area contributed by atoms with E-state index in [4.69, 9.17) is 8.83 Å². The second-order valence-electron chi connectivity index (χ2n) is 10.6. The first-order chi connectivity index (χ1) is 21.7. The molecule has 0 aliphatic heterocycles. The Hall–Kier alpha value is -6.61.